The molecule has 5 heteroatoms. The lowest BCUT2D eigenvalue weighted by molar-refractivity contribution is -0.146. The van der Waals surface area contributed by atoms with Gasteiger partial charge in [0, 0.05) is 6.04 Å². The fourth-order valence-corrected chi connectivity index (χ4v) is 2.69. The predicted octanol–water partition coefficient (Wildman–Crippen LogP) is 1.83. The molecular formula is C12H15NO3S. The van der Waals surface area contributed by atoms with E-state index in [0.717, 1.165) is 5.56 Å². The molecule has 0 spiro atoms. The molecule has 1 aliphatic rings. The minimum atomic E-state index is -0.763. The van der Waals surface area contributed by atoms with Gasteiger partial charge >= 0.3 is 5.97 Å². The van der Waals surface area contributed by atoms with E-state index in [0.29, 0.717) is 12.8 Å². The Hall–Kier alpha value is -1.36. The molecule has 1 fully saturated rings. The van der Waals surface area contributed by atoms with Gasteiger partial charge in [0.2, 0.25) is 5.91 Å². The van der Waals surface area contributed by atoms with Crippen LogP contribution in [0.2, 0.25) is 0 Å². The molecule has 92 valence electrons. The summed E-state index contributed by atoms with van der Waals surface area (Å²) in [6, 6.07) is 1.97. The SMILES string of the molecule is CC(C(=O)NC1CC(C(=O)O)C1)c1ccsc1. The third-order valence-electron chi connectivity index (χ3n) is 3.27. The van der Waals surface area contributed by atoms with Crippen LogP contribution in [0.5, 0.6) is 0 Å². The highest BCUT2D eigenvalue weighted by Gasteiger charge is 2.35. The number of carbonyl (C=O) groups excluding carboxylic acids is 1. The highest BCUT2D eigenvalue weighted by molar-refractivity contribution is 7.08. The van der Waals surface area contributed by atoms with E-state index in [1.165, 1.54) is 0 Å². The number of rotatable bonds is 4. The summed E-state index contributed by atoms with van der Waals surface area (Å²) < 4.78 is 0. The molecule has 0 saturated heterocycles. The van der Waals surface area contributed by atoms with Crippen molar-refractivity contribution in [2.75, 3.05) is 0 Å². The van der Waals surface area contributed by atoms with E-state index in [1.54, 1.807) is 11.3 Å². The van der Waals surface area contributed by atoms with E-state index in [9.17, 15) is 9.59 Å². The monoisotopic (exact) mass is 253 g/mol. The number of amides is 1. The first-order chi connectivity index (χ1) is 8.08. The molecule has 1 aromatic heterocycles. The molecule has 1 heterocycles. The zero-order chi connectivity index (χ0) is 12.4. The summed E-state index contributed by atoms with van der Waals surface area (Å²) in [5.41, 5.74) is 1.02. The van der Waals surface area contributed by atoms with E-state index < -0.39 is 5.97 Å². The first-order valence-corrected chi connectivity index (χ1v) is 6.57. The average Bonchev–Trinajstić information content (AvgIpc) is 2.73. The van der Waals surface area contributed by atoms with Gasteiger partial charge in [-0.2, -0.15) is 11.3 Å². The first-order valence-electron chi connectivity index (χ1n) is 5.63. The van der Waals surface area contributed by atoms with Crippen LogP contribution in [0.1, 0.15) is 31.2 Å². The highest BCUT2D eigenvalue weighted by Crippen LogP contribution is 2.28. The van der Waals surface area contributed by atoms with Crippen LogP contribution in [0, 0.1) is 5.92 Å². The van der Waals surface area contributed by atoms with Crippen molar-refractivity contribution in [3.8, 4) is 0 Å². The molecule has 0 radical (unpaired) electrons. The third-order valence-corrected chi connectivity index (χ3v) is 3.97. The number of carboxylic acids is 1. The lowest BCUT2D eigenvalue weighted by Crippen LogP contribution is -2.47. The number of aliphatic carboxylic acids is 1. The second kappa shape index (κ2) is 4.87. The largest absolute Gasteiger partial charge is 0.481 e. The van der Waals surface area contributed by atoms with Crippen molar-refractivity contribution in [1.82, 2.24) is 5.32 Å². The van der Waals surface area contributed by atoms with Gasteiger partial charge in [0.05, 0.1) is 11.8 Å². The van der Waals surface area contributed by atoms with Crippen LogP contribution >= 0.6 is 11.3 Å². The van der Waals surface area contributed by atoms with Gasteiger partial charge in [0.25, 0.3) is 0 Å². The van der Waals surface area contributed by atoms with Crippen LogP contribution in [-0.4, -0.2) is 23.0 Å². The van der Waals surface area contributed by atoms with Crippen molar-refractivity contribution in [3.63, 3.8) is 0 Å². The van der Waals surface area contributed by atoms with Crippen molar-refractivity contribution < 1.29 is 14.7 Å². The van der Waals surface area contributed by atoms with Crippen molar-refractivity contribution >= 4 is 23.2 Å². The lowest BCUT2D eigenvalue weighted by atomic mass is 9.80. The number of hydrogen-bond donors (Lipinski definition) is 2. The summed E-state index contributed by atoms with van der Waals surface area (Å²) in [5.74, 6) is -1.22. The van der Waals surface area contributed by atoms with Gasteiger partial charge in [-0.3, -0.25) is 9.59 Å². The maximum atomic E-state index is 11.9. The minimum absolute atomic E-state index is 0.0164. The Bertz CT molecular complexity index is 409. The molecule has 1 aromatic rings. The summed E-state index contributed by atoms with van der Waals surface area (Å²) in [6.45, 7) is 1.87. The van der Waals surface area contributed by atoms with Crippen molar-refractivity contribution in [1.29, 1.82) is 0 Å². The van der Waals surface area contributed by atoms with Crippen LogP contribution < -0.4 is 5.32 Å². The number of nitrogens with one attached hydrogen (secondary N) is 1. The third kappa shape index (κ3) is 2.66. The van der Waals surface area contributed by atoms with Gasteiger partial charge in [-0.05, 0) is 42.2 Å². The zero-order valence-electron chi connectivity index (χ0n) is 9.55. The lowest BCUT2D eigenvalue weighted by Gasteiger charge is -2.33. The topological polar surface area (TPSA) is 66.4 Å². The molecule has 1 unspecified atom stereocenters. The Morgan fingerprint density at radius 2 is 2.24 bits per heavy atom. The van der Waals surface area contributed by atoms with Crippen LogP contribution in [0.25, 0.3) is 0 Å². The summed E-state index contributed by atoms with van der Waals surface area (Å²) in [7, 11) is 0. The fourth-order valence-electron chi connectivity index (χ4n) is 1.94. The summed E-state index contributed by atoms with van der Waals surface area (Å²) in [5, 5.41) is 15.5. The number of carbonyl (C=O) groups is 2. The maximum Gasteiger partial charge on any atom is 0.306 e. The molecule has 1 amide bonds. The standard InChI is InChI=1S/C12H15NO3S/c1-7(8-2-3-17-6-8)11(14)13-10-4-9(5-10)12(15)16/h2-3,6-7,9-10H,4-5H2,1H3,(H,13,14)(H,15,16). The van der Waals surface area contributed by atoms with Gasteiger partial charge in [0.1, 0.15) is 0 Å². The van der Waals surface area contributed by atoms with Gasteiger partial charge in [-0.25, -0.2) is 0 Å². The van der Waals surface area contributed by atoms with Gasteiger partial charge in [0.15, 0.2) is 0 Å². The van der Waals surface area contributed by atoms with Gasteiger partial charge < -0.3 is 10.4 Å². The quantitative estimate of drug-likeness (QED) is 0.860. The zero-order valence-corrected chi connectivity index (χ0v) is 10.4. The molecule has 1 saturated carbocycles. The smallest absolute Gasteiger partial charge is 0.306 e. The fraction of sp³-hybridized carbons (Fsp3) is 0.500. The minimum Gasteiger partial charge on any atom is -0.481 e. The normalized spacial score (nSPS) is 24.8. The summed E-state index contributed by atoms with van der Waals surface area (Å²) in [4.78, 5) is 22.5. The number of hydrogen-bond acceptors (Lipinski definition) is 3. The average molecular weight is 253 g/mol. The Morgan fingerprint density at radius 1 is 1.53 bits per heavy atom. The molecule has 1 aliphatic carbocycles. The molecule has 17 heavy (non-hydrogen) atoms. The van der Waals surface area contributed by atoms with Crippen LogP contribution in [0.4, 0.5) is 0 Å². The Labute approximate surface area is 104 Å². The van der Waals surface area contributed by atoms with E-state index in [2.05, 4.69) is 5.32 Å². The number of thiophene rings is 1. The van der Waals surface area contributed by atoms with Crippen molar-refractivity contribution in [2.45, 2.75) is 31.7 Å². The Kier molecular flexibility index (Phi) is 3.47. The van der Waals surface area contributed by atoms with Gasteiger partial charge in [-0.1, -0.05) is 0 Å². The van der Waals surface area contributed by atoms with E-state index in [1.807, 2.05) is 23.8 Å². The second-order valence-electron chi connectivity index (χ2n) is 4.49. The molecule has 2 rings (SSSR count). The summed E-state index contributed by atoms with van der Waals surface area (Å²) in [6.07, 6.45) is 1.11. The number of carboxylic acid groups (broad SMARTS) is 1. The first kappa shape index (κ1) is 12.1. The Balaban J connectivity index is 1.81. The molecule has 1 atom stereocenters. The highest BCUT2D eigenvalue weighted by atomic mass is 32.1. The van der Waals surface area contributed by atoms with Crippen LogP contribution in [0.15, 0.2) is 16.8 Å². The molecule has 0 aromatic carbocycles. The summed E-state index contributed by atoms with van der Waals surface area (Å²) >= 11 is 1.57. The molecule has 4 nitrogen and oxygen atoms in total. The molecule has 0 bridgehead atoms. The van der Waals surface area contributed by atoms with E-state index in [-0.39, 0.29) is 23.8 Å². The maximum absolute atomic E-state index is 11.9. The Morgan fingerprint density at radius 3 is 2.76 bits per heavy atom. The van der Waals surface area contributed by atoms with Crippen LogP contribution in [0.3, 0.4) is 0 Å². The predicted molar refractivity (Wildman–Crippen MR) is 65.0 cm³/mol. The van der Waals surface area contributed by atoms with E-state index >= 15 is 0 Å². The van der Waals surface area contributed by atoms with Crippen molar-refractivity contribution in [2.24, 2.45) is 5.92 Å². The molecular weight excluding hydrogens is 238 g/mol. The van der Waals surface area contributed by atoms with Crippen molar-refractivity contribution in [3.05, 3.63) is 22.4 Å². The van der Waals surface area contributed by atoms with Gasteiger partial charge in [-0.15, -0.1) is 0 Å². The van der Waals surface area contributed by atoms with E-state index in [4.69, 9.17) is 5.11 Å². The molecule has 0 aliphatic heterocycles. The molecule has 2 N–H and O–H groups in total. The second-order valence-corrected chi connectivity index (χ2v) is 5.27. The van der Waals surface area contributed by atoms with Crippen LogP contribution in [-0.2, 0) is 9.59 Å².